The van der Waals surface area contributed by atoms with Crippen molar-refractivity contribution in [3.8, 4) is 0 Å². The van der Waals surface area contributed by atoms with Gasteiger partial charge in [-0.05, 0) is 43.4 Å². The summed E-state index contributed by atoms with van der Waals surface area (Å²) in [6.07, 6.45) is 10.4. The molecule has 2 saturated carbocycles. The molecule has 0 spiro atoms. The van der Waals surface area contributed by atoms with Gasteiger partial charge in [0, 0.05) is 12.1 Å². The molecule has 0 radical (unpaired) electrons. The summed E-state index contributed by atoms with van der Waals surface area (Å²) in [6, 6.07) is 1.43. The van der Waals surface area contributed by atoms with E-state index < -0.39 is 0 Å². The van der Waals surface area contributed by atoms with Crippen LogP contribution in [0.25, 0.3) is 0 Å². The predicted molar refractivity (Wildman–Crippen MR) is 75.1 cm³/mol. The van der Waals surface area contributed by atoms with Crippen LogP contribution in [-0.4, -0.2) is 12.1 Å². The fourth-order valence-corrected chi connectivity index (χ4v) is 3.63. The molecule has 1 heteroatoms. The highest BCUT2D eigenvalue weighted by molar-refractivity contribution is 4.89. The highest BCUT2D eigenvalue weighted by Crippen LogP contribution is 2.40. The van der Waals surface area contributed by atoms with Crippen LogP contribution in [0.2, 0.25) is 0 Å². The number of nitrogens with one attached hydrogen (secondary N) is 1. The average Bonchev–Trinajstić information content (AvgIpc) is 2.27. The molecule has 0 amide bonds. The second-order valence-electron chi connectivity index (χ2n) is 7.57. The molecule has 100 valence electrons. The third kappa shape index (κ3) is 3.47. The minimum atomic E-state index is 0.392. The topological polar surface area (TPSA) is 12.0 Å². The maximum atomic E-state index is 3.89. The quantitative estimate of drug-likeness (QED) is 0.752. The van der Waals surface area contributed by atoms with Crippen LogP contribution in [0.1, 0.15) is 72.6 Å². The Morgan fingerprint density at radius 3 is 2.24 bits per heavy atom. The smallest absolute Gasteiger partial charge is 0.00898 e. The molecule has 1 nitrogen and oxygen atoms in total. The average molecular weight is 237 g/mol. The third-order valence-corrected chi connectivity index (χ3v) is 5.32. The van der Waals surface area contributed by atoms with Crippen LogP contribution in [0.5, 0.6) is 0 Å². The van der Waals surface area contributed by atoms with Gasteiger partial charge < -0.3 is 5.32 Å². The zero-order valence-electron chi connectivity index (χ0n) is 12.3. The lowest BCUT2D eigenvalue weighted by Gasteiger charge is -2.42. The molecule has 2 fully saturated rings. The Balaban J connectivity index is 1.83. The van der Waals surface area contributed by atoms with Crippen molar-refractivity contribution >= 4 is 0 Å². The van der Waals surface area contributed by atoms with E-state index in [9.17, 15) is 0 Å². The van der Waals surface area contributed by atoms with Crippen LogP contribution in [0.4, 0.5) is 0 Å². The van der Waals surface area contributed by atoms with Gasteiger partial charge >= 0.3 is 0 Å². The fraction of sp³-hybridized carbons (Fsp3) is 1.00. The Labute approximate surface area is 108 Å². The molecule has 2 aliphatic carbocycles. The van der Waals surface area contributed by atoms with Crippen molar-refractivity contribution < 1.29 is 0 Å². The van der Waals surface area contributed by atoms with Crippen molar-refractivity contribution in [2.45, 2.75) is 84.7 Å². The molecule has 0 saturated heterocycles. The van der Waals surface area contributed by atoms with Crippen molar-refractivity contribution in [2.24, 2.45) is 17.3 Å². The van der Waals surface area contributed by atoms with E-state index in [1.807, 2.05) is 0 Å². The van der Waals surface area contributed by atoms with Crippen molar-refractivity contribution in [2.75, 3.05) is 0 Å². The molecular weight excluding hydrogens is 206 g/mol. The summed E-state index contributed by atoms with van der Waals surface area (Å²) in [5.41, 5.74) is 0.392. The van der Waals surface area contributed by atoms with Crippen LogP contribution in [0.3, 0.4) is 0 Å². The van der Waals surface area contributed by atoms with Gasteiger partial charge in [-0.25, -0.2) is 0 Å². The highest BCUT2D eigenvalue weighted by atomic mass is 15.0. The zero-order valence-corrected chi connectivity index (χ0v) is 12.3. The molecule has 2 aliphatic rings. The summed E-state index contributed by atoms with van der Waals surface area (Å²) in [4.78, 5) is 0. The molecule has 0 aromatic rings. The Kier molecular flexibility index (Phi) is 4.18. The monoisotopic (exact) mass is 237 g/mol. The van der Waals surface area contributed by atoms with Gasteiger partial charge in [-0.15, -0.1) is 0 Å². The van der Waals surface area contributed by atoms with Gasteiger partial charge in [0.25, 0.3) is 0 Å². The number of hydrogen-bond donors (Lipinski definition) is 1. The van der Waals surface area contributed by atoms with Gasteiger partial charge in [0.1, 0.15) is 0 Å². The fourth-order valence-electron chi connectivity index (χ4n) is 3.63. The molecule has 0 bridgehead atoms. The molecule has 0 aromatic heterocycles. The van der Waals surface area contributed by atoms with E-state index in [1.54, 1.807) is 0 Å². The van der Waals surface area contributed by atoms with E-state index in [2.05, 4.69) is 33.0 Å². The Hall–Kier alpha value is -0.0400. The molecule has 0 aromatic carbocycles. The van der Waals surface area contributed by atoms with Crippen LogP contribution in [0, 0.1) is 17.3 Å². The van der Waals surface area contributed by atoms with Gasteiger partial charge in [0.2, 0.25) is 0 Å². The highest BCUT2D eigenvalue weighted by Gasteiger charge is 2.33. The minimum absolute atomic E-state index is 0.392. The van der Waals surface area contributed by atoms with Crippen molar-refractivity contribution in [3.63, 3.8) is 0 Å². The first-order chi connectivity index (χ1) is 7.97. The van der Waals surface area contributed by atoms with E-state index in [1.165, 1.54) is 44.9 Å². The lowest BCUT2D eigenvalue weighted by atomic mass is 9.69. The molecule has 17 heavy (non-hydrogen) atoms. The molecule has 4 atom stereocenters. The minimum Gasteiger partial charge on any atom is -0.311 e. The summed E-state index contributed by atoms with van der Waals surface area (Å²) in [5.74, 6) is 2.12. The lowest BCUT2D eigenvalue weighted by molar-refractivity contribution is 0.127. The number of hydrogen-bond acceptors (Lipinski definition) is 1. The molecule has 2 rings (SSSR count). The molecule has 1 N–H and O–H groups in total. The van der Waals surface area contributed by atoms with E-state index >= 15 is 0 Å². The zero-order chi connectivity index (χ0) is 12.5. The van der Waals surface area contributed by atoms with Crippen molar-refractivity contribution in [1.29, 1.82) is 0 Å². The first kappa shape index (κ1) is 13.4. The second kappa shape index (κ2) is 5.30. The molecule has 0 aliphatic heterocycles. The Bertz CT molecular complexity index is 240. The first-order valence-corrected chi connectivity index (χ1v) is 7.73. The van der Waals surface area contributed by atoms with Crippen LogP contribution >= 0.6 is 0 Å². The summed E-state index contributed by atoms with van der Waals surface area (Å²) >= 11 is 0. The van der Waals surface area contributed by atoms with Crippen molar-refractivity contribution in [1.82, 2.24) is 5.32 Å². The molecular formula is C16H31N. The summed E-state index contributed by atoms with van der Waals surface area (Å²) in [5, 5.41) is 3.89. The maximum absolute atomic E-state index is 3.89. The second-order valence-corrected chi connectivity index (χ2v) is 7.57. The first-order valence-electron chi connectivity index (χ1n) is 7.73. The van der Waals surface area contributed by atoms with E-state index in [0.29, 0.717) is 11.5 Å². The van der Waals surface area contributed by atoms with Gasteiger partial charge in [-0.1, -0.05) is 46.5 Å². The predicted octanol–water partition coefficient (Wildman–Crippen LogP) is 4.37. The lowest BCUT2D eigenvalue weighted by Crippen LogP contribution is -2.47. The summed E-state index contributed by atoms with van der Waals surface area (Å²) < 4.78 is 0. The Morgan fingerprint density at radius 2 is 1.59 bits per heavy atom. The molecule has 0 heterocycles. The Morgan fingerprint density at radius 1 is 0.941 bits per heavy atom. The van der Waals surface area contributed by atoms with Crippen LogP contribution in [0.15, 0.2) is 0 Å². The standard InChI is InChI=1S/C16H31N/c1-12(16(2,3)4)17-15-10-9-13-7-5-6-8-14(13)11-15/h12-15,17H,5-11H2,1-4H3. The van der Waals surface area contributed by atoms with Gasteiger partial charge in [0.05, 0.1) is 0 Å². The number of fused-ring (bicyclic) bond motifs is 1. The van der Waals surface area contributed by atoms with E-state index in [4.69, 9.17) is 0 Å². The van der Waals surface area contributed by atoms with Crippen molar-refractivity contribution in [3.05, 3.63) is 0 Å². The maximum Gasteiger partial charge on any atom is 0.00898 e. The van der Waals surface area contributed by atoms with E-state index in [-0.39, 0.29) is 0 Å². The third-order valence-electron chi connectivity index (χ3n) is 5.32. The van der Waals surface area contributed by atoms with Gasteiger partial charge in [-0.3, -0.25) is 0 Å². The normalized spacial score (nSPS) is 36.4. The SMILES string of the molecule is CC(NC1CCC2CCCCC2C1)C(C)(C)C. The summed E-state index contributed by atoms with van der Waals surface area (Å²) in [7, 11) is 0. The summed E-state index contributed by atoms with van der Waals surface area (Å²) in [6.45, 7) is 9.39. The van der Waals surface area contributed by atoms with Crippen LogP contribution < -0.4 is 5.32 Å². The van der Waals surface area contributed by atoms with Gasteiger partial charge in [0.15, 0.2) is 0 Å². The largest absolute Gasteiger partial charge is 0.311 e. The van der Waals surface area contributed by atoms with Gasteiger partial charge in [-0.2, -0.15) is 0 Å². The molecule has 4 unspecified atom stereocenters. The van der Waals surface area contributed by atoms with E-state index in [0.717, 1.165) is 17.9 Å². The number of rotatable bonds is 2. The van der Waals surface area contributed by atoms with Crippen LogP contribution in [-0.2, 0) is 0 Å².